The van der Waals surface area contributed by atoms with Gasteiger partial charge in [-0.15, -0.1) is 0 Å². The lowest BCUT2D eigenvalue weighted by atomic mass is 9.43. The highest BCUT2D eigenvalue weighted by Crippen LogP contribution is 2.74. The maximum atomic E-state index is 17.3. The monoisotopic (exact) mass is 491 g/mol. The van der Waals surface area contributed by atoms with Gasteiger partial charge in [0.1, 0.15) is 12.8 Å². The van der Waals surface area contributed by atoms with E-state index in [2.05, 4.69) is 18.7 Å². The molecule has 194 valence electrons. The average molecular weight is 492 g/mol. The minimum absolute atomic E-state index is 0.0647. The summed E-state index contributed by atoms with van der Waals surface area (Å²) in [5.74, 6) is -1.22. The SMILES string of the molecule is CC(C)CCN1C[C@@H]2C[C@H]3[C@@H]4C[C@H](F)C5=CC(=O)C=C[C@]5(C)[C@@]4(F)[C@@H](O)C[C@]3(C)[C@]2(C(=O)CO)C1. The first-order valence-corrected chi connectivity index (χ1v) is 13.2. The second-order valence-electron chi connectivity index (χ2n) is 12.8. The Labute approximate surface area is 206 Å². The van der Waals surface area contributed by atoms with Crippen LogP contribution in [-0.4, -0.2) is 70.9 Å². The highest BCUT2D eigenvalue weighted by atomic mass is 19.1. The molecule has 1 saturated heterocycles. The van der Waals surface area contributed by atoms with Gasteiger partial charge in [-0.1, -0.05) is 26.8 Å². The number of hydrogen-bond acceptors (Lipinski definition) is 5. The van der Waals surface area contributed by atoms with E-state index < -0.39 is 46.7 Å². The Bertz CT molecular complexity index is 995. The molecule has 0 aromatic carbocycles. The Hall–Kier alpha value is -1.44. The first kappa shape index (κ1) is 25.2. The van der Waals surface area contributed by atoms with Crippen LogP contribution in [0.15, 0.2) is 23.8 Å². The normalized spacial score (nSPS) is 48.9. The van der Waals surface area contributed by atoms with Gasteiger partial charge in [-0.3, -0.25) is 9.59 Å². The summed E-state index contributed by atoms with van der Waals surface area (Å²) in [5, 5.41) is 21.6. The van der Waals surface area contributed by atoms with Crippen LogP contribution in [0.1, 0.15) is 53.4 Å². The second-order valence-corrected chi connectivity index (χ2v) is 12.8. The molecule has 5 aliphatic rings. The molecule has 5 rings (SSSR count). The van der Waals surface area contributed by atoms with Crippen molar-refractivity contribution < 1.29 is 28.6 Å². The third kappa shape index (κ3) is 3.07. The molecule has 0 unspecified atom stereocenters. The lowest BCUT2D eigenvalue weighted by Gasteiger charge is -2.63. The van der Waals surface area contributed by atoms with Gasteiger partial charge in [0.05, 0.1) is 11.5 Å². The van der Waals surface area contributed by atoms with Crippen LogP contribution >= 0.6 is 0 Å². The quantitative estimate of drug-likeness (QED) is 0.616. The number of ketones is 2. The third-order valence-corrected chi connectivity index (χ3v) is 10.9. The molecule has 0 spiro atoms. The summed E-state index contributed by atoms with van der Waals surface area (Å²) in [4.78, 5) is 27.8. The van der Waals surface area contributed by atoms with E-state index in [4.69, 9.17) is 0 Å². The number of aliphatic hydroxyl groups excluding tert-OH is 2. The number of carbonyl (C=O) groups excluding carboxylic acids is 2. The number of nitrogens with zero attached hydrogens (tertiary/aromatic N) is 1. The van der Waals surface area contributed by atoms with Crippen molar-refractivity contribution in [3.63, 3.8) is 0 Å². The number of alkyl halides is 2. The maximum absolute atomic E-state index is 17.3. The minimum Gasteiger partial charge on any atom is -0.390 e. The summed E-state index contributed by atoms with van der Waals surface area (Å²) in [6, 6.07) is 0. The minimum atomic E-state index is -2.14. The predicted molar refractivity (Wildman–Crippen MR) is 128 cm³/mol. The van der Waals surface area contributed by atoms with Crippen LogP contribution in [0.25, 0.3) is 0 Å². The number of halogens is 2. The summed E-state index contributed by atoms with van der Waals surface area (Å²) in [5.41, 5.74) is -5.07. The van der Waals surface area contributed by atoms with Gasteiger partial charge in [0.15, 0.2) is 17.2 Å². The summed E-state index contributed by atoms with van der Waals surface area (Å²) in [6.45, 7) is 9.35. The molecule has 5 nitrogen and oxygen atoms in total. The molecule has 0 amide bonds. The van der Waals surface area contributed by atoms with Crippen molar-refractivity contribution in [3.05, 3.63) is 23.8 Å². The molecule has 9 atom stereocenters. The van der Waals surface area contributed by atoms with Gasteiger partial charge in [0.2, 0.25) is 0 Å². The van der Waals surface area contributed by atoms with Gasteiger partial charge < -0.3 is 15.1 Å². The van der Waals surface area contributed by atoms with Gasteiger partial charge in [0, 0.05) is 24.4 Å². The number of hydrogen-bond donors (Lipinski definition) is 2. The molecule has 4 aliphatic carbocycles. The van der Waals surface area contributed by atoms with E-state index in [0.717, 1.165) is 13.0 Å². The molecule has 0 radical (unpaired) electrons. The van der Waals surface area contributed by atoms with Crippen LogP contribution in [-0.2, 0) is 9.59 Å². The number of aliphatic hydroxyl groups is 2. The zero-order valence-corrected chi connectivity index (χ0v) is 21.3. The number of Topliss-reactive ketones (excluding diaryl/α,β-unsaturated/α-hetero) is 1. The van der Waals surface area contributed by atoms with E-state index in [9.17, 15) is 19.8 Å². The lowest BCUT2D eigenvalue weighted by molar-refractivity contribution is -0.212. The topological polar surface area (TPSA) is 77.8 Å². The largest absolute Gasteiger partial charge is 0.390 e. The van der Waals surface area contributed by atoms with Crippen LogP contribution in [0.5, 0.6) is 0 Å². The predicted octanol–water partition coefficient (Wildman–Crippen LogP) is 3.44. The average Bonchev–Trinajstić information content (AvgIpc) is 3.28. The van der Waals surface area contributed by atoms with Gasteiger partial charge in [-0.25, -0.2) is 8.78 Å². The van der Waals surface area contributed by atoms with E-state index in [1.54, 1.807) is 6.92 Å². The molecule has 4 fully saturated rings. The Kier molecular flexibility index (Phi) is 5.78. The van der Waals surface area contributed by atoms with Gasteiger partial charge in [0.25, 0.3) is 0 Å². The van der Waals surface area contributed by atoms with E-state index in [0.29, 0.717) is 25.4 Å². The van der Waals surface area contributed by atoms with E-state index in [1.165, 1.54) is 18.2 Å². The fraction of sp³-hybridized carbons (Fsp3) is 0.786. The summed E-state index contributed by atoms with van der Waals surface area (Å²) < 4.78 is 33.0. The molecule has 0 aromatic heterocycles. The first-order chi connectivity index (χ1) is 16.3. The van der Waals surface area contributed by atoms with Gasteiger partial charge in [-0.2, -0.15) is 0 Å². The van der Waals surface area contributed by atoms with E-state index in [1.807, 2.05) is 6.92 Å². The number of carbonyl (C=O) groups is 2. The van der Waals surface area contributed by atoms with Gasteiger partial charge >= 0.3 is 0 Å². The summed E-state index contributed by atoms with van der Waals surface area (Å²) in [6.07, 6.45) is 2.58. The first-order valence-electron chi connectivity index (χ1n) is 13.2. The van der Waals surface area contributed by atoms with Crippen molar-refractivity contribution in [2.45, 2.75) is 71.3 Å². The molecular formula is C28H39F2NO4. The molecule has 0 aromatic rings. The van der Waals surface area contributed by atoms with Crippen LogP contribution in [0.2, 0.25) is 0 Å². The molecule has 35 heavy (non-hydrogen) atoms. The van der Waals surface area contributed by atoms with Crippen LogP contribution in [0, 0.1) is 39.9 Å². The fourth-order valence-corrected chi connectivity index (χ4v) is 9.13. The second kappa shape index (κ2) is 8.03. The zero-order valence-electron chi connectivity index (χ0n) is 21.3. The van der Waals surface area contributed by atoms with E-state index in [-0.39, 0.29) is 41.8 Å². The highest BCUT2D eigenvalue weighted by Gasteiger charge is 2.78. The molecule has 1 heterocycles. The number of fused-ring (bicyclic) bond motifs is 7. The van der Waals surface area contributed by atoms with Crippen molar-refractivity contribution in [1.29, 1.82) is 0 Å². The smallest absolute Gasteiger partial charge is 0.178 e. The number of rotatable bonds is 5. The van der Waals surface area contributed by atoms with Crippen LogP contribution in [0.4, 0.5) is 8.78 Å². The lowest BCUT2D eigenvalue weighted by Crippen LogP contribution is -2.69. The molecule has 7 heteroatoms. The standard InChI is InChI=1S/C28H39F2NO4/c1-16(2)6-8-31-13-17-9-19-20-11-22(29)21-10-18(33)5-7-25(21,3)28(20,30)23(34)12-26(19,4)27(17,15-31)24(35)14-32/h5,7,10,16-17,19-20,22-23,32,34H,6,8-9,11-15H2,1-4H3/t17-,19-,20-,22-,23-,25-,26-,27+,28-/m0/s1. The molecule has 2 N–H and O–H groups in total. The Morgan fingerprint density at radius 3 is 2.63 bits per heavy atom. The zero-order chi connectivity index (χ0) is 25.6. The van der Waals surface area contributed by atoms with Crippen molar-refractivity contribution in [1.82, 2.24) is 4.90 Å². The van der Waals surface area contributed by atoms with Crippen molar-refractivity contribution in [2.75, 3.05) is 26.2 Å². The number of likely N-dealkylation sites (tertiary alicyclic amines) is 1. The van der Waals surface area contributed by atoms with Crippen LogP contribution in [0.3, 0.4) is 0 Å². The molecule has 1 aliphatic heterocycles. The summed E-state index contributed by atoms with van der Waals surface area (Å²) in [7, 11) is 0. The van der Waals surface area contributed by atoms with E-state index >= 15 is 8.78 Å². The third-order valence-electron chi connectivity index (χ3n) is 10.9. The Morgan fingerprint density at radius 1 is 1.26 bits per heavy atom. The molecular weight excluding hydrogens is 452 g/mol. The number of allylic oxidation sites excluding steroid dienone is 4. The maximum Gasteiger partial charge on any atom is 0.178 e. The summed E-state index contributed by atoms with van der Waals surface area (Å²) >= 11 is 0. The van der Waals surface area contributed by atoms with Crippen molar-refractivity contribution in [3.8, 4) is 0 Å². The van der Waals surface area contributed by atoms with Crippen molar-refractivity contribution in [2.24, 2.45) is 39.9 Å². The molecule has 0 bridgehead atoms. The van der Waals surface area contributed by atoms with Crippen molar-refractivity contribution >= 4 is 11.6 Å². The van der Waals surface area contributed by atoms with Gasteiger partial charge in [-0.05, 0) is 80.0 Å². The molecule has 3 saturated carbocycles. The fourth-order valence-electron chi connectivity index (χ4n) is 9.13. The Morgan fingerprint density at radius 2 is 1.97 bits per heavy atom. The highest BCUT2D eigenvalue weighted by molar-refractivity contribution is 6.01. The van der Waals surface area contributed by atoms with Crippen LogP contribution < -0.4 is 0 Å². The Balaban J connectivity index is 1.57.